The maximum absolute atomic E-state index is 13.6. The molecule has 0 bridgehead atoms. The van der Waals surface area contributed by atoms with Gasteiger partial charge >= 0.3 is 11.9 Å². The quantitative estimate of drug-likeness (QED) is 0.228. The van der Waals surface area contributed by atoms with Gasteiger partial charge in [0.15, 0.2) is 0 Å². The Morgan fingerprint density at radius 2 is 2.03 bits per heavy atom. The molecule has 0 saturated carbocycles. The number of H-pyrrole nitrogens is 2. The third kappa shape index (κ3) is 5.24. The van der Waals surface area contributed by atoms with Crippen LogP contribution in [0.1, 0.15) is 44.0 Å². The van der Waals surface area contributed by atoms with Crippen molar-refractivity contribution >= 4 is 43.8 Å². The monoisotopic (exact) mass is 528 g/mol. The standard InChI is InChI=1S/C25H28N4O7S/c1-5-14(24(33)36-25(2,3)4)20(18-7-6-10-26-18)29-37(34,35)13-8-9-17-15(11-13)19-16(23(31)32)12-27-21(19)22(30)28-17/h1,8-9,11-12,14,18,20,26-27,29H,6-7,10H2,2-4H3,(H,28,30)(H,31,32). The number of aromatic amines is 2. The van der Waals surface area contributed by atoms with Crippen molar-refractivity contribution in [1.82, 2.24) is 20.0 Å². The minimum absolute atomic E-state index is 0.0118. The van der Waals surface area contributed by atoms with Crippen molar-refractivity contribution in [2.24, 2.45) is 5.92 Å². The lowest BCUT2D eigenvalue weighted by atomic mass is 9.93. The molecule has 1 aliphatic rings. The van der Waals surface area contributed by atoms with Crippen molar-refractivity contribution in [3.63, 3.8) is 0 Å². The molecule has 11 nitrogen and oxygen atoms in total. The molecule has 3 atom stereocenters. The lowest BCUT2D eigenvalue weighted by Crippen LogP contribution is -2.54. The average molecular weight is 529 g/mol. The molecule has 0 radical (unpaired) electrons. The molecular formula is C25H28N4O7S. The summed E-state index contributed by atoms with van der Waals surface area (Å²) >= 11 is 0. The van der Waals surface area contributed by atoms with Crippen LogP contribution in [-0.2, 0) is 19.6 Å². The number of ether oxygens (including phenoxy) is 1. The molecule has 3 heterocycles. The summed E-state index contributed by atoms with van der Waals surface area (Å²) in [6, 6.07) is 2.55. The van der Waals surface area contributed by atoms with E-state index in [0.717, 1.165) is 6.42 Å². The Kier molecular flexibility index (Phi) is 6.89. The van der Waals surface area contributed by atoms with Crippen molar-refractivity contribution in [2.75, 3.05) is 6.54 Å². The number of sulfonamides is 1. The number of nitrogens with one attached hydrogen (secondary N) is 4. The van der Waals surface area contributed by atoms with Crippen LogP contribution in [0.25, 0.3) is 21.8 Å². The minimum atomic E-state index is -4.26. The highest BCUT2D eigenvalue weighted by Crippen LogP contribution is 2.28. The molecule has 1 fully saturated rings. The van der Waals surface area contributed by atoms with Gasteiger partial charge in [-0.05, 0) is 58.4 Å². The molecule has 4 rings (SSSR count). The fraction of sp³-hybridized carbons (Fsp3) is 0.400. The van der Waals surface area contributed by atoms with E-state index in [-0.39, 0.29) is 32.3 Å². The third-order valence-electron chi connectivity index (χ3n) is 6.18. The Balaban J connectivity index is 1.79. The Morgan fingerprint density at radius 1 is 1.30 bits per heavy atom. The predicted octanol–water partition coefficient (Wildman–Crippen LogP) is 1.70. The van der Waals surface area contributed by atoms with Gasteiger partial charge in [-0.1, -0.05) is 5.92 Å². The normalized spacial score (nSPS) is 17.9. The van der Waals surface area contributed by atoms with Gasteiger partial charge in [-0.15, -0.1) is 6.42 Å². The largest absolute Gasteiger partial charge is 0.478 e. The van der Waals surface area contributed by atoms with Crippen LogP contribution in [0.15, 0.2) is 34.1 Å². The second-order valence-corrected chi connectivity index (χ2v) is 11.7. The predicted molar refractivity (Wildman–Crippen MR) is 137 cm³/mol. The number of terminal acetylenes is 1. The Morgan fingerprint density at radius 3 is 2.62 bits per heavy atom. The Hall–Kier alpha value is -3.66. The van der Waals surface area contributed by atoms with E-state index in [1.807, 2.05) is 0 Å². The molecule has 0 amide bonds. The number of pyridine rings is 1. The lowest BCUT2D eigenvalue weighted by molar-refractivity contribution is -0.158. The molecule has 2 aromatic heterocycles. The minimum Gasteiger partial charge on any atom is -0.478 e. The van der Waals surface area contributed by atoms with Crippen molar-refractivity contribution in [1.29, 1.82) is 0 Å². The SMILES string of the molecule is C#CC(C(=O)OC(C)(C)C)C(NS(=O)(=O)c1ccc2[nH]c(=O)c3[nH]cc(C(=O)O)c3c2c1)C1CCCN1. The fourth-order valence-electron chi connectivity index (χ4n) is 4.57. The molecule has 1 aliphatic heterocycles. The summed E-state index contributed by atoms with van der Waals surface area (Å²) in [5, 5.41) is 13.1. The number of carbonyl (C=O) groups excluding carboxylic acids is 1. The first-order valence-electron chi connectivity index (χ1n) is 11.7. The zero-order chi connectivity index (χ0) is 27.1. The summed E-state index contributed by atoms with van der Waals surface area (Å²) in [6.07, 6.45) is 8.25. The molecule has 12 heteroatoms. The maximum Gasteiger partial charge on any atom is 0.337 e. The fourth-order valence-corrected chi connectivity index (χ4v) is 5.89. The van der Waals surface area contributed by atoms with Gasteiger partial charge < -0.3 is 25.1 Å². The van der Waals surface area contributed by atoms with Crippen LogP contribution in [0.2, 0.25) is 0 Å². The van der Waals surface area contributed by atoms with Gasteiger partial charge in [-0.2, -0.15) is 0 Å². The number of esters is 1. The van der Waals surface area contributed by atoms with E-state index in [1.165, 1.54) is 24.4 Å². The van der Waals surface area contributed by atoms with Gasteiger partial charge in [-0.3, -0.25) is 9.59 Å². The Bertz CT molecular complexity index is 1590. The smallest absolute Gasteiger partial charge is 0.337 e. The maximum atomic E-state index is 13.6. The summed E-state index contributed by atoms with van der Waals surface area (Å²) in [5.74, 6) is -0.784. The topological polar surface area (TPSA) is 170 Å². The molecule has 37 heavy (non-hydrogen) atoms. The van der Waals surface area contributed by atoms with Gasteiger partial charge in [0, 0.05) is 28.5 Å². The summed E-state index contributed by atoms with van der Waals surface area (Å²) in [7, 11) is -4.26. The second-order valence-electron chi connectivity index (χ2n) is 9.95. The second kappa shape index (κ2) is 9.66. The number of carbonyl (C=O) groups is 2. The first kappa shape index (κ1) is 26.4. The highest BCUT2D eigenvalue weighted by molar-refractivity contribution is 7.89. The highest BCUT2D eigenvalue weighted by atomic mass is 32.2. The van der Waals surface area contributed by atoms with E-state index in [1.54, 1.807) is 20.8 Å². The number of fused-ring (bicyclic) bond motifs is 3. The number of benzene rings is 1. The van der Waals surface area contributed by atoms with E-state index >= 15 is 0 Å². The molecule has 1 aromatic carbocycles. The van der Waals surface area contributed by atoms with Gasteiger partial charge in [-0.25, -0.2) is 17.9 Å². The van der Waals surface area contributed by atoms with Crippen LogP contribution in [0.4, 0.5) is 0 Å². The van der Waals surface area contributed by atoms with Gasteiger partial charge in [0.25, 0.3) is 5.56 Å². The number of carboxylic acids is 1. The molecular weight excluding hydrogens is 500 g/mol. The van der Waals surface area contributed by atoms with Crippen LogP contribution in [0, 0.1) is 18.3 Å². The summed E-state index contributed by atoms with van der Waals surface area (Å²) < 4.78 is 35.2. The highest BCUT2D eigenvalue weighted by Gasteiger charge is 2.39. The summed E-state index contributed by atoms with van der Waals surface area (Å²) in [5.41, 5.74) is -1.25. The Labute approximate surface area is 213 Å². The van der Waals surface area contributed by atoms with Crippen LogP contribution in [0.5, 0.6) is 0 Å². The van der Waals surface area contributed by atoms with E-state index < -0.39 is 51.1 Å². The average Bonchev–Trinajstić information content (AvgIpc) is 3.48. The van der Waals surface area contributed by atoms with Gasteiger partial charge in [0.05, 0.1) is 16.5 Å². The molecule has 3 aromatic rings. The van der Waals surface area contributed by atoms with Crippen LogP contribution < -0.4 is 15.6 Å². The van der Waals surface area contributed by atoms with Crippen LogP contribution >= 0.6 is 0 Å². The number of hydrogen-bond donors (Lipinski definition) is 5. The van der Waals surface area contributed by atoms with Crippen molar-refractivity contribution < 1.29 is 27.9 Å². The lowest BCUT2D eigenvalue weighted by Gasteiger charge is -2.30. The molecule has 1 saturated heterocycles. The van der Waals surface area contributed by atoms with Crippen LogP contribution in [0.3, 0.4) is 0 Å². The zero-order valence-electron chi connectivity index (χ0n) is 20.5. The van der Waals surface area contributed by atoms with Crippen molar-refractivity contribution in [3.8, 4) is 12.3 Å². The zero-order valence-corrected chi connectivity index (χ0v) is 21.4. The summed E-state index contributed by atoms with van der Waals surface area (Å²) in [6.45, 7) is 5.72. The number of rotatable bonds is 7. The molecule has 0 aliphatic carbocycles. The van der Waals surface area contributed by atoms with Crippen molar-refractivity contribution in [2.45, 2.75) is 56.2 Å². The van der Waals surface area contributed by atoms with E-state index in [9.17, 15) is 27.9 Å². The van der Waals surface area contributed by atoms with Crippen molar-refractivity contribution in [3.05, 3.63) is 40.3 Å². The van der Waals surface area contributed by atoms with Gasteiger partial charge in [0.2, 0.25) is 10.0 Å². The van der Waals surface area contributed by atoms with E-state index in [0.29, 0.717) is 13.0 Å². The van der Waals surface area contributed by atoms with E-state index in [4.69, 9.17) is 11.2 Å². The number of aromatic nitrogens is 2. The van der Waals surface area contributed by atoms with Gasteiger partial charge in [0.1, 0.15) is 17.0 Å². The molecule has 3 unspecified atom stereocenters. The van der Waals surface area contributed by atoms with E-state index in [2.05, 4.69) is 25.9 Å². The number of hydrogen-bond acceptors (Lipinski definition) is 7. The molecule has 0 spiro atoms. The number of carboxylic acid groups (broad SMARTS) is 1. The van der Waals surface area contributed by atoms with Crippen LogP contribution in [-0.4, -0.2) is 59.7 Å². The molecule has 196 valence electrons. The first-order chi connectivity index (χ1) is 17.3. The number of aromatic carboxylic acids is 1. The summed E-state index contributed by atoms with van der Waals surface area (Å²) in [4.78, 5) is 42.1. The molecule has 5 N–H and O–H groups in total. The third-order valence-corrected chi connectivity index (χ3v) is 7.64. The first-order valence-corrected chi connectivity index (χ1v) is 13.2.